The Morgan fingerprint density at radius 3 is 2.22 bits per heavy atom. The maximum Gasteiger partial charge on any atom is 0.407 e. The number of ether oxygens (including phenoxy) is 1. The number of carboxylic acid groups (broad SMARTS) is 1. The van der Waals surface area contributed by atoms with Crippen molar-refractivity contribution in [2.75, 3.05) is 13.2 Å². The van der Waals surface area contributed by atoms with E-state index in [4.69, 9.17) is 4.74 Å². The molecule has 2 aromatic carbocycles. The van der Waals surface area contributed by atoms with E-state index in [-0.39, 0.29) is 24.3 Å². The smallest absolute Gasteiger partial charge is 0.407 e. The largest absolute Gasteiger partial charge is 0.480 e. The molecule has 1 saturated carbocycles. The molecule has 2 atom stereocenters. The molecular weight excluding hydrogens is 408 g/mol. The summed E-state index contributed by atoms with van der Waals surface area (Å²) < 4.78 is 5.60. The lowest BCUT2D eigenvalue weighted by molar-refractivity contribution is -0.149. The topological polar surface area (TPSA) is 95.9 Å². The Labute approximate surface area is 186 Å². The van der Waals surface area contributed by atoms with Gasteiger partial charge in [0.2, 0.25) is 5.91 Å². The Morgan fingerprint density at radius 2 is 1.62 bits per heavy atom. The second-order valence-electron chi connectivity index (χ2n) is 8.81. The van der Waals surface area contributed by atoms with Crippen molar-refractivity contribution in [1.82, 2.24) is 10.2 Å². The van der Waals surface area contributed by atoms with E-state index in [1.807, 2.05) is 24.3 Å². The minimum absolute atomic E-state index is 0.0398. The number of fused-ring (bicyclic) bond motifs is 3. The van der Waals surface area contributed by atoms with Gasteiger partial charge in [0.05, 0.1) is 0 Å². The van der Waals surface area contributed by atoms with Crippen LogP contribution in [0.5, 0.6) is 0 Å². The molecule has 0 spiro atoms. The first-order valence-electron chi connectivity index (χ1n) is 11.2. The van der Waals surface area contributed by atoms with Gasteiger partial charge in [-0.25, -0.2) is 9.59 Å². The number of amides is 2. The Bertz CT molecular complexity index is 1020. The molecule has 166 valence electrons. The highest BCUT2D eigenvalue weighted by molar-refractivity contribution is 5.90. The number of nitrogens with one attached hydrogen (secondary N) is 1. The molecule has 3 aliphatic rings. The van der Waals surface area contributed by atoms with E-state index in [9.17, 15) is 19.5 Å². The standard InChI is InChI=1S/C25H26N2O5/c28-23(27-13-5-10-21(27)24(29)30)22(15-11-12-15)26-25(31)32-14-20-18-8-3-1-6-16(18)17-7-2-4-9-19(17)20/h1-4,6-9,15,20-22H,5,10-14H2,(H,26,31)(H,29,30)/t21-,22?/m1/s1. The molecule has 7 nitrogen and oxygen atoms in total. The van der Waals surface area contributed by atoms with E-state index >= 15 is 0 Å². The summed E-state index contributed by atoms with van der Waals surface area (Å²) in [5, 5.41) is 12.2. The molecule has 1 saturated heterocycles. The molecule has 2 aliphatic carbocycles. The minimum Gasteiger partial charge on any atom is -0.480 e. The van der Waals surface area contributed by atoms with Crippen molar-refractivity contribution in [3.8, 4) is 11.1 Å². The summed E-state index contributed by atoms with van der Waals surface area (Å²) in [7, 11) is 0. The minimum atomic E-state index is -0.994. The maximum absolute atomic E-state index is 13.1. The quantitative estimate of drug-likeness (QED) is 0.727. The second-order valence-corrected chi connectivity index (χ2v) is 8.81. The molecule has 5 rings (SSSR count). The van der Waals surface area contributed by atoms with Crippen LogP contribution in [0.3, 0.4) is 0 Å². The molecule has 32 heavy (non-hydrogen) atoms. The zero-order valence-electron chi connectivity index (χ0n) is 17.7. The van der Waals surface area contributed by atoms with Crippen LogP contribution < -0.4 is 5.32 Å². The fraction of sp³-hybridized carbons (Fsp3) is 0.400. The highest BCUT2D eigenvalue weighted by atomic mass is 16.5. The fourth-order valence-corrected chi connectivity index (χ4v) is 5.04. The van der Waals surface area contributed by atoms with E-state index in [1.165, 1.54) is 4.90 Å². The monoisotopic (exact) mass is 434 g/mol. The average Bonchev–Trinajstić information content (AvgIpc) is 3.42. The van der Waals surface area contributed by atoms with Crippen molar-refractivity contribution in [3.05, 3.63) is 59.7 Å². The van der Waals surface area contributed by atoms with Crippen LogP contribution in [-0.2, 0) is 14.3 Å². The van der Waals surface area contributed by atoms with Gasteiger partial charge in [0, 0.05) is 12.5 Å². The number of hydrogen-bond donors (Lipinski definition) is 2. The number of carbonyl (C=O) groups excluding carboxylic acids is 2. The lowest BCUT2D eigenvalue weighted by Crippen LogP contribution is -2.52. The van der Waals surface area contributed by atoms with Crippen LogP contribution in [0, 0.1) is 5.92 Å². The summed E-state index contributed by atoms with van der Waals surface area (Å²) in [6, 6.07) is 14.7. The number of alkyl carbamates (subject to hydrolysis) is 1. The zero-order valence-corrected chi connectivity index (χ0v) is 17.7. The first kappa shape index (κ1) is 20.5. The number of likely N-dealkylation sites (tertiary alicyclic amines) is 1. The molecular formula is C25H26N2O5. The number of benzene rings is 2. The van der Waals surface area contributed by atoms with Gasteiger partial charge in [-0.05, 0) is 53.9 Å². The Kier molecular flexibility index (Phi) is 5.33. The van der Waals surface area contributed by atoms with E-state index < -0.39 is 24.1 Å². The molecule has 2 N–H and O–H groups in total. The number of hydrogen-bond acceptors (Lipinski definition) is 4. The zero-order chi connectivity index (χ0) is 22.2. The van der Waals surface area contributed by atoms with E-state index in [0.717, 1.165) is 35.1 Å². The molecule has 0 radical (unpaired) electrons. The lowest BCUT2D eigenvalue weighted by atomic mass is 9.98. The van der Waals surface area contributed by atoms with Gasteiger partial charge in [0.25, 0.3) is 0 Å². The number of carbonyl (C=O) groups is 3. The maximum atomic E-state index is 13.1. The highest BCUT2D eigenvalue weighted by Gasteiger charge is 2.44. The number of aliphatic carboxylic acids is 1. The fourth-order valence-electron chi connectivity index (χ4n) is 5.04. The van der Waals surface area contributed by atoms with Crippen molar-refractivity contribution >= 4 is 18.0 Å². The van der Waals surface area contributed by atoms with E-state index in [0.29, 0.717) is 19.4 Å². The van der Waals surface area contributed by atoms with Gasteiger partial charge in [-0.1, -0.05) is 48.5 Å². The van der Waals surface area contributed by atoms with Crippen molar-refractivity contribution in [2.45, 2.75) is 43.7 Å². The summed E-state index contributed by atoms with van der Waals surface area (Å²) in [4.78, 5) is 38.6. The normalized spacial score (nSPS) is 20.4. The number of rotatable bonds is 6. The third kappa shape index (κ3) is 3.72. The number of carboxylic acids is 1. The highest BCUT2D eigenvalue weighted by Crippen LogP contribution is 2.44. The van der Waals surface area contributed by atoms with Gasteiger partial charge in [-0.3, -0.25) is 4.79 Å². The third-order valence-corrected chi connectivity index (χ3v) is 6.80. The van der Waals surface area contributed by atoms with Crippen LogP contribution in [0.1, 0.15) is 42.7 Å². The van der Waals surface area contributed by atoms with Crippen LogP contribution >= 0.6 is 0 Å². The predicted molar refractivity (Wildman–Crippen MR) is 117 cm³/mol. The van der Waals surface area contributed by atoms with Crippen LogP contribution in [0.4, 0.5) is 4.79 Å². The van der Waals surface area contributed by atoms with Crippen LogP contribution in [0.2, 0.25) is 0 Å². The molecule has 2 fully saturated rings. The first-order valence-corrected chi connectivity index (χ1v) is 11.2. The molecule has 0 aromatic heterocycles. The molecule has 7 heteroatoms. The predicted octanol–water partition coefficient (Wildman–Crippen LogP) is 3.38. The Balaban J connectivity index is 1.26. The van der Waals surface area contributed by atoms with Crippen molar-refractivity contribution in [3.63, 3.8) is 0 Å². The molecule has 1 heterocycles. The van der Waals surface area contributed by atoms with E-state index in [1.54, 1.807) is 0 Å². The second kappa shape index (κ2) is 8.30. The molecule has 2 aromatic rings. The van der Waals surface area contributed by atoms with Crippen molar-refractivity contribution in [1.29, 1.82) is 0 Å². The summed E-state index contributed by atoms with van der Waals surface area (Å²) in [6.45, 7) is 0.582. The summed E-state index contributed by atoms with van der Waals surface area (Å²) >= 11 is 0. The molecule has 0 bridgehead atoms. The summed E-state index contributed by atoms with van der Waals surface area (Å²) in [5.74, 6) is -1.33. The lowest BCUT2D eigenvalue weighted by Gasteiger charge is -2.27. The van der Waals surface area contributed by atoms with Gasteiger partial charge in [-0.15, -0.1) is 0 Å². The van der Waals surface area contributed by atoms with Gasteiger partial charge >= 0.3 is 12.1 Å². The van der Waals surface area contributed by atoms with Gasteiger partial charge in [-0.2, -0.15) is 0 Å². The van der Waals surface area contributed by atoms with Crippen LogP contribution in [0.15, 0.2) is 48.5 Å². The molecule has 1 aliphatic heterocycles. The third-order valence-electron chi connectivity index (χ3n) is 6.80. The van der Waals surface area contributed by atoms with Crippen LogP contribution in [0.25, 0.3) is 11.1 Å². The SMILES string of the molecule is O=C(NC(C(=O)N1CCC[C@@H]1C(=O)O)C1CC1)OCC1c2ccccc2-c2ccccc21. The van der Waals surface area contributed by atoms with Crippen molar-refractivity contribution < 1.29 is 24.2 Å². The average molecular weight is 434 g/mol. The van der Waals surface area contributed by atoms with Gasteiger partial charge in [0.15, 0.2) is 0 Å². The molecule has 2 amide bonds. The summed E-state index contributed by atoms with van der Waals surface area (Å²) in [6.07, 6.45) is 2.15. The van der Waals surface area contributed by atoms with Gasteiger partial charge < -0.3 is 20.1 Å². The summed E-state index contributed by atoms with van der Waals surface area (Å²) in [5.41, 5.74) is 4.55. The molecule has 1 unspecified atom stereocenters. The Morgan fingerprint density at radius 1 is 1.00 bits per heavy atom. The van der Waals surface area contributed by atoms with Crippen LogP contribution in [-0.4, -0.2) is 53.2 Å². The van der Waals surface area contributed by atoms with Crippen molar-refractivity contribution in [2.24, 2.45) is 5.92 Å². The first-order chi connectivity index (χ1) is 15.5. The van der Waals surface area contributed by atoms with E-state index in [2.05, 4.69) is 29.6 Å². The van der Waals surface area contributed by atoms with Gasteiger partial charge in [0.1, 0.15) is 18.7 Å². The number of nitrogens with zero attached hydrogens (tertiary/aromatic N) is 1. The Hall–Kier alpha value is -3.35.